The first-order valence-electron chi connectivity index (χ1n) is 10.4. The first-order valence-corrected chi connectivity index (χ1v) is 11.6. The summed E-state index contributed by atoms with van der Waals surface area (Å²) >= 11 is 1.64. The van der Waals surface area contributed by atoms with Crippen LogP contribution in [-0.2, 0) is 0 Å². The number of hydrogen-bond acceptors (Lipinski definition) is 10. The molecule has 2 aromatic carbocycles. The standard InChI is InChI=1S/C22H22N8O3S/c1-3-12-32-16-8-6-15(7-9-16)19-18(25-29-30(19)21-20(23)27-33-28-21)22(31)26-24-13-14-4-10-17(34-2)11-5-14/h4-11,13H,3,12H2,1-2H3,(H2,23,27)(H,26,31)/b24-13+. The normalized spacial score (nSPS) is 11.1. The van der Waals surface area contributed by atoms with E-state index in [1.54, 1.807) is 42.2 Å². The summed E-state index contributed by atoms with van der Waals surface area (Å²) in [6.07, 6.45) is 4.44. The van der Waals surface area contributed by atoms with Gasteiger partial charge in [0.2, 0.25) is 11.6 Å². The van der Waals surface area contributed by atoms with E-state index in [0.29, 0.717) is 23.6 Å². The number of nitrogens with two attached hydrogens (primary N) is 1. The molecule has 0 aliphatic heterocycles. The summed E-state index contributed by atoms with van der Waals surface area (Å²) in [6.45, 7) is 2.63. The highest BCUT2D eigenvalue weighted by Crippen LogP contribution is 2.28. The van der Waals surface area contributed by atoms with Crippen LogP contribution in [0.3, 0.4) is 0 Å². The number of benzene rings is 2. The van der Waals surface area contributed by atoms with Crippen LogP contribution in [0.5, 0.6) is 5.75 Å². The first kappa shape index (κ1) is 23.0. The molecule has 0 aliphatic carbocycles. The van der Waals surface area contributed by atoms with Gasteiger partial charge in [0, 0.05) is 10.5 Å². The number of rotatable bonds is 9. The van der Waals surface area contributed by atoms with Gasteiger partial charge in [-0.1, -0.05) is 24.3 Å². The fourth-order valence-corrected chi connectivity index (χ4v) is 3.43. The number of nitrogen functional groups attached to an aromatic ring is 1. The fourth-order valence-electron chi connectivity index (χ4n) is 3.02. The van der Waals surface area contributed by atoms with Gasteiger partial charge < -0.3 is 10.5 Å². The van der Waals surface area contributed by atoms with Crippen molar-refractivity contribution in [3.8, 4) is 22.8 Å². The van der Waals surface area contributed by atoms with E-state index in [-0.39, 0.29) is 17.3 Å². The van der Waals surface area contributed by atoms with Crippen molar-refractivity contribution in [2.75, 3.05) is 18.6 Å². The topological polar surface area (TPSA) is 146 Å². The van der Waals surface area contributed by atoms with E-state index >= 15 is 0 Å². The summed E-state index contributed by atoms with van der Waals surface area (Å²) in [5.74, 6) is 0.271. The van der Waals surface area contributed by atoms with Crippen LogP contribution in [0.2, 0.25) is 0 Å². The molecule has 2 aromatic heterocycles. The molecule has 12 heteroatoms. The number of hydrazone groups is 1. The SMILES string of the molecule is CCCOc1ccc(-c2c(C(=O)N/N=C/c3ccc(SC)cc3)nnn2-c2nonc2N)cc1. The molecule has 0 fully saturated rings. The Bertz CT molecular complexity index is 1280. The van der Waals surface area contributed by atoms with E-state index in [2.05, 4.69) is 31.2 Å². The van der Waals surface area contributed by atoms with Crippen LogP contribution in [0.4, 0.5) is 5.82 Å². The Morgan fingerprint density at radius 3 is 2.62 bits per heavy atom. The third kappa shape index (κ3) is 5.07. The van der Waals surface area contributed by atoms with Gasteiger partial charge in [-0.25, -0.2) is 10.1 Å². The second-order valence-electron chi connectivity index (χ2n) is 7.02. The van der Waals surface area contributed by atoms with Crippen LogP contribution >= 0.6 is 11.8 Å². The lowest BCUT2D eigenvalue weighted by Crippen LogP contribution is -2.19. The Morgan fingerprint density at radius 1 is 1.21 bits per heavy atom. The number of nitrogens with one attached hydrogen (secondary N) is 1. The average Bonchev–Trinajstić information content (AvgIpc) is 3.49. The minimum absolute atomic E-state index is 0.00715. The number of carbonyl (C=O) groups excluding carboxylic acids is 1. The number of nitrogens with zero attached hydrogens (tertiary/aromatic N) is 6. The van der Waals surface area contributed by atoms with Crippen molar-refractivity contribution in [1.82, 2.24) is 30.7 Å². The summed E-state index contributed by atoms with van der Waals surface area (Å²) in [4.78, 5) is 14.1. The maximum Gasteiger partial charge on any atom is 0.294 e. The summed E-state index contributed by atoms with van der Waals surface area (Å²) in [5, 5.41) is 19.5. The molecule has 0 saturated heterocycles. The number of aromatic nitrogens is 5. The van der Waals surface area contributed by atoms with Gasteiger partial charge in [-0.3, -0.25) is 4.79 Å². The molecule has 174 valence electrons. The minimum atomic E-state index is -0.556. The van der Waals surface area contributed by atoms with Crippen molar-refractivity contribution in [3.05, 3.63) is 59.8 Å². The quantitative estimate of drug-likeness (QED) is 0.210. The molecule has 34 heavy (non-hydrogen) atoms. The van der Waals surface area contributed by atoms with Gasteiger partial charge >= 0.3 is 0 Å². The van der Waals surface area contributed by atoms with E-state index < -0.39 is 5.91 Å². The molecule has 0 saturated carbocycles. The summed E-state index contributed by atoms with van der Waals surface area (Å²) in [7, 11) is 0. The smallest absolute Gasteiger partial charge is 0.294 e. The van der Waals surface area contributed by atoms with Crippen molar-refractivity contribution in [2.24, 2.45) is 5.10 Å². The third-order valence-corrected chi connectivity index (χ3v) is 5.42. The van der Waals surface area contributed by atoms with Gasteiger partial charge in [0.05, 0.1) is 12.8 Å². The number of carbonyl (C=O) groups is 1. The number of thioether (sulfide) groups is 1. The molecule has 2 heterocycles. The Balaban J connectivity index is 1.62. The number of hydrogen-bond donors (Lipinski definition) is 2. The Hall–Kier alpha value is -4.19. The Labute approximate surface area is 199 Å². The monoisotopic (exact) mass is 478 g/mol. The molecular weight excluding hydrogens is 456 g/mol. The van der Waals surface area contributed by atoms with Gasteiger partial charge in [0.15, 0.2) is 5.69 Å². The van der Waals surface area contributed by atoms with Crippen molar-refractivity contribution in [1.29, 1.82) is 0 Å². The zero-order chi connectivity index (χ0) is 23.9. The van der Waals surface area contributed by atoms with Gasteiger partial charge in [0.25, 0.3) is 5.91 Å². The maximum absolute atomic E-state index is 12.9. The van der Waals surface area contributed by atoms with Crippen molar-refractivity contribution < 1.29 is 14.2 Å². The maximum atomic E-state index is 12.9. The van der Waals surface area contributed by atoms with Gasteiger partial charge in [0.1, 0.15) is 11.4 Å². The van der Waals surface area contributed by atoms with Crippen LogP contribution in [0.25, 0.3) is 17.1 Å². The number of ether oxygens (including phenoxy) is 1. The van der Waals surface area contributed by atoms with Crippen LogP contribution < -0.4 is 15.9 Å². The second kappa shape index (κ2) is 10.6. The molecule has 4 rings (SSSR count). The van der Waals surface area contributed by atoms with E-state index in [0.717, 1.165) is 16.9 Å². The summed E-state index contributed by atoms with van der Waals surface area (Å²) < 4.78 is 11.6. The molecular formula is C22H22N8O3S. The van der Waals surface area contributed by atoms with E-state index in [1.165, 1.54) is 4.68 Å². The van der Waals surface area contributed by atoms with Gasteiger partial charge in [-0.15, -0.1) is 16.9 Å². The molecule has 0 radical (unpaired) electrons. The van der Waals surface area contributed by atoms with E-state index in [4.69, 9.17) is 15.1 Å². The lowest BCUT2D eigenvalue weighted by atomic mass is 10.1. The zero-order valence-corrected chi connectivity index (χ0v) is 19.3. The zero-order valence-electron chi connectivity index (χ0n) is 18.5. The van der Waals surface area contributed by atoms with Gasteiger partial charge in [-0.2, -0.15) is 9.78 Å². The van der Waals surface area contributed by atoms with Gasteiger partial charge in [-0.05, 0) is 65.0 Å². The third-order valence-electron chi connectivity index (χ3n) is 4.68. The average molecular weight is 479 g/mol. The highest BCUT2D eigenvalue weighted by molar-refractivity contribution is 7.98. The predicted octanol–water partition coefficient (Wildman–Crippen LogP) is 3.17. The predicted molar refractivity (Wildman–Crippen MR) is 128 cm³/mol. The lowest BCUT2D eigenvalue weighted by molar-refractivity contribution is 0.0950. The van der Waals surface area contributed by atoms with E-state index in [1.807, 2.05) is 37.4 Å². The van der Waals surface area contributed by atoms with Crippen LogP contribution in [-0.4, -0.2) is 50.3 Å². The molecule has 4 aromatic rings. The Kier molecular flexibility index (Phi) is 7.18. The highest BCUT2D eigenvalue weighted by atomic mass is 32.2. The molecule has 0 spiro atoms. The summed E-state index contributed by atoms with van der Waals surface area (Å²) in [6, 6.07) is 14.9. The number of anilines is 1. The van der Waals surface area contributed by atoms with Crippen molar-refractivity contribution in [2.45, 2.75) is 18.2 Å². The number of amides is 1. The molecule has 0 aliphatic rings. The summed E-state index contributed by atoms with van der Waals surface area (Å²) in [5.41, 5.74) is 10.2. The fraction of sp³-hybridized carbons (Fsp3) is 0.182. The molecule has 0 unspecified atom stereocenters. The largest absolute Gasteiger partial charge is 0.494 e. The lowest BCUT2D eigenvalue weighted by Gasteiger charge is -2.08. The van der Waals surface area contributed by atoms with Crippen LogP contribution in [0.15, 0.2) is 63.2 Å². The minimum Gasteiger partial charge on any atom is -0.494 e. The first-order chi connectivity index (χ1) is 16.6. The Morgan fingerprint density at radius 2 is 1.97 bits per heavy atom. The molecule has 0 atom stereocenters. The molecule has 3 N–H and O–H groups in total. The highest BCUT2D eigenvalue weighted by Gasteiger charge is 2.25. The molecule has 11 nitrogen and oxygen atoms in total. The second-order valence-corrected chi connectivity index (χ2v) is 7.90. The van der Waals surface area contributed by atoms with Crippen molar-refractivity contribution in [3.63, 3.8) is 0 Å². The van der Waals surface area contributed by atoms with Crippen LogP contribution in [0, 0.1) is 0 Å². The van der Waals surface area contributed by atoms with E-state index in [9.17, 15) is 4.79 Å². The van der Waals surface area contributed by atoms with Crippen LogP contribution in [0.1, 0.15) is 29.4 Å². The molecule has 0 bridgehead atoms. The molecule has 1 amide bonds. The van der Waals surface area contributed by atoms with Crippen molar-refractivity contribution >= 4 is 29.7 Å².